The van der Waals surface area contributed by atoms with Crippen molar-refractivity contribution in [2.45, 2.75) is 6.42 Å². The van der Waals surface area contributed by atoms with Crippen molar-refractivity contribution < 1.29 is 25.8 Å². The molecule has 3 aromatic rings. The predicted octanol–water partition coefficient (Wildman–Crippen LogP) is -0.507. The van der Waals surface area contributed by atoms with E-state index in [-0.39, 0.29) is 0 Å². The number of aromatic nitrogens is 4. The van der Waals surface area contributed by atoms with Gasteiger partial charge in [-0.15, -0.1) is 11.3 Å². The Bertz CT molecular complexity index is 930. The molecular formula is C16H14IN6S. The minimum atomic E-state index is 0.820. The number of fused-ring (bicyclic) bond motifs is 1. The largest absolute Gasteiger partial charge is 0.329 e. The van der Waals surface area contributed by atoms with E-state index >= 15 is 0 Å². The molecule has 1 aliphatic rings. The highest BCUT2D eigenvalue weighted by molar-refractivity contribution is 7.13. The Kier molecular flexibility index (Phi) is 3.93. The van der Waals surface area contributed by atoms with E-state index < -0.39 is 0 Å². The van der Waals surface area contributed by atoms with Gasteiger partial charge < -0.3 is 22.9 Å². The maximum atomic E-state index is 4.70. The monoisotopic (exact) mass is 449 g/mol. The Labute approximate surface area is 157 Å². The highest BCUT2D eigenvalue weighted by Gasteiger charge is 2.28. The summed E-state index contributed by atoms with van der Waals surface area (Å²) in [5.74, 6) is 0.915. The van der Waals surface area contributed by atoms with Crippen LogP contribution < -0.4 is 27.9 Å². The van der Waals surface area contributed by atoms with E-state index in [1.54, 1.807) is 26.5 Å². The summed E-state index contributed by atoms with van der Waals surface area (Å²) in [6, 6.07) is 4.01. The van der Waals surface area contributed by atoms with Gasteiger partial charge in [-0.25, -0.2) is 14.6 Å². The maximum Gasteiger partial charge on any atom is 0.191 e. The van der Waals surface area contributed by atoms with Crippen LogP contribution in [0, 0.1) is 0 Å². The zero-order valence-electron chi connectivity index (χ0n) is 12.8. The van der Waals surface area contributed by atoms with E-state index in [9.17, 15) is 0 Å². The number of pyridine rings is 1. The quantitative estimate of drug-likeness (QED) is 0.306. The molecule has 0 aromatic carbocycles. The number of hydrogen-bond acceptors (Lipinski definition) is 5. The normalized spacial score (nSPS) is 13.1. The van der Waals surface area contributed by atoms with Crippen LogP contribution in [0.3, 0.4) is 0 Å². The van der Waals surface area contributed by atoms with Crippen LogP contribution in [0.25, 0.3) is 22.5 Å². The molecule has 0 spiro atoms. The van der Waals surface area contributed by atoms with E-state index in [1.807, 2.05) is 28.4 Å². The summed E-state index contributed by atoms with van der Waals surface area (Å²) in [6.07, 6.45) is 6.41. The zero-order chi connectivity index (χ0) is 16.7. The van der Waals surface area contributed by atoms with E-state index in [2.05, 4.69) is 51.1 Å². The molecule has 1 aliphatic heterocycles. The fourth-order valence-corrected chi connectivity index (χ4v) is 3.81. The second kappa shape index (κ2) is 6.10. The van der Waals surface area contributed by atoms with Crippen molar-refractivity contribution in [3.8, 4) is 16.4 Å². The third-order valence-corrected chi connectivity index (χ3v) is 5.19. The first-order valence-electron chi connectivity index (χ1n) is 7.33. The second-order valence-electron chi connectivity index (χ2n) is 5.27. The Morgan fingerprint density at radius 2 is 2.29 bits per heavy atom. The summed E-state index contributed by atoms with van der Waals surface area (Å²) in [6.45, 7) is 8.67. The minimum absolute atomic E-state index is 0.820. The minimum Gasteiger partial charge on any atom is -0.329 e. The molecule has 0 unspecified atom stereocenters. The molecule has 0 aliphatic carbocycles. The van der Waals surface area contributed by atoms with Gasteiger partial charge in [0.25, 0.3) is 0 Å². The number of rotatable bonds is 4. The second-order valence-corrected chi connectivity index (χ2v) is 7.27. The molecule has 1 radical (unpaired) electrons. The lowest BCUT2D eigenvalue weighted by molar-refractivity contribution is -1.06. The van der Waals surface area contributed by atoms with E-state index in [0.29, 0.717) is 0 Å². The van der Waals surface area contributed by atoms with Crippen LogP contribution in [0.1, 0.15) is 11.3 Å². The fourth-order valence-electron chi connectivity index (χ4n) is 2.78. The number of hydrogen-bond donors (Lipinski definition) is 0. The summed E-state index contributed by atoms with van der Waals surface area (Å²) >= 11 is 3.74. The average Bonchev–Trinajstić information content (AvgIpc) is 3.31. The van der Waals surface area contributed by atoms with Gasteiger partial charge in [-0.3, -0.25) is 2.90 Å². The molecule has 4 rings (SSSR count). The Morgan fingerprint density at radius 3 is 3.00 bits per heavy atom. The van der Waals surface area contributed by atoms with Gasteiger partial charge in [0.15, 0.2) is 5.82 Å². The Morgan fingerprint density at radius 1 is 1.42 bits per heavy atom. The van der Waals surface area contributed by atoms with Crippen molar-refractivity contribution in [3.05, 3.63) is 47.7 Å². The van der Waals surface area contributed by atoms with Gasteiger partial charge in [0.2, 0.25) is 0 Å². The molecule has 0 atom stereocenters. The molecule has 8 heteroatoms. The standard InChI is InChI=1S/C16H14IN6S/c1-3-11-10-14(12-4-8-23(21(2)17)15(12)19-11)22-7-5-13(20-22)16-18-6-9-24-16/h3,5-7,9-10H,1-2,4,8H2. The molecule has 0 fully saturated rings. The van der Waals surface area contributed by atoms with Crippen LogP contribution >= 0.6 is 11.3 Å². The van der Waals surface area contributed by atoms with Gasteiger partial charge in [-0.1, -0.05) is 6.58 Å². The first-order chi connectivity index (χ1) is 11.7. The van der Waals surface area contributed by atoms with Crippen LogP contribution in [0.4, 0.5) is 5.82 Å². The van der Waals surface area contributed by atoms with Crippen LogP contribution in [0.15, 0.2) is 36.5 Å². The molecule has 24 heavy (non-hydrogen) atoms. The fraction of sp³-hybridized carbons (Fsp3) is 0.125. The van der Waals surface area contributed by atoms with Gasteiger partial charge in [0.05, 0.1) is 17.9 Å². The van der Waals surface area contributed by atoms with Crippen LogP contribution in [-0.2, 0) is 6.42 Å². The van der Waals surface area contributed by atoms with E-state index in [1.165, 1.54) is 5.56 Å². The molecule has 0 bridgehead atoms. The molecule has 3 aromatic heterocycles. The van der Waals surface area contributed by atoms with E-state index in [0.717, 1.165) is 40.9 Å². The topological polar surface area (TPSA) is 49.9 Å². The number of nitrogens with zero attached hydrogens (tertiary/aromatic N) is 6. The third-order valence-electron chi connectivity index (χ3n) is 3.88. The Balaban J connectivity index is 1.84. The number of anilines is 1. The molecule has 6 nitrogen and oxygen atoms in total. The summed E-state index contributed by atoms with van der Waals surface area (Å²) in [5.41, 5.74) is 3.89. The third kappa shape index (κ3) is 2.55. The summed E-state index contributed by atoms with van der Waals surface area (Å²) in [4.78, 5) is 9.01. The lowest BCUT2D eigenvalue weighted by Crippen LogP contribution is -3.40. The van der Waals surface area contributed by atoms with Gasteiger partial charge in [-0.2, -0.15) is 10.1 Å². The van der Waals surface area contributed by atoms with Crippen molar-refractivity contribution in [1.29, 1.82) is 0 Å². The van der Waals surface area contributed by atoms with Crippen LogP contribution in [0.2, 0.25) is 0 Å². The SMILES string of the molecule is C=Cc1cc(-n2ccc(-c3nccs3)n2)c2c(n1)N([N+](=C)[I-])CC2. The van der Waals surface area contributed by atoms with Crippen LogP contribution in [0.5, 0.6) is 0 Å². The lowest BCUT2D eigenvalue weighted by atomic mass is 10.1. The molecule has 0 saturated heterocycles. The van der Waals surface area contributed by atoms with E-state index in [4.69, 9.17) is 5.10 Å². The summed E-state index contributed by atoms with van der Waals surface area (Å²) in [5, 5.41) is 9.62. The number of halogens is 1. The van der Waals surface area contributed by atoms with Gasteiger partial charge in [0, 0.05) is 29.8 Å². The summed E-state index contributed by atoms with van der Waals surface area (Å²) < 4.78 is 3.69. The van der Waals surface area contributed by atoms with Crippen molar-refractivity contribution in [2.75, 3.05) is 11.6 Å². The lowest BCUT2D eigenvalue weighted by Gasteiger charge is -2.18. The van der Waals surface area contributed by atoms with Crippen molar-refractivity contribution in [2.24, 2.45) is 0 Å². The number of thiazole rings is 1. The van der Waals surface area contributed by atoms with Crippen molar-refractivity contribution in [3.63, 3.8) is 0 Å². The molecule has 0 saturated carbocycles. The summed E-state index contributed by atoms with van der Waals surface area (Å²) in [7, 11) is 0. The smallest absolute Gasteiger partial charge is 0.191 e. The number of hydrazine groups is 1. The molecule has 0 N–H and O–H groups in total. The predicted molar refractivity (Wildman–Crippen MR) is 91.0 cm³/mol. The highest BCUT2D eigenvalue weighted by atomic mass is 127. The van der Waals surface area contributed by atoms with Gasteiger partial charge in [-0.05, 0) is 18.2 Å². The van der Waals surface area contributed by atoms with Crippen LogP contribution in [-0.4, -0.2) is 35.9 Å². The highest BCUT2D eigenvalue weighted by Crippen LogP contribution is 2.32. The number of hydrazone groups is 1. The maximum absolute atomic E-state index is 4.70. The van der Waals surface area contributed by atoms with Gasteiger partial charge >= 0.3 is 0 Å². The Hall–Kier alpha value is -2.07. The first-order valence-corrected chi connectivity index (χ1v) is 9.18. The zero-order valence-corrected chi connectivity index (χ0v) is 15.7. The van der Waals surface area contributed by atoms with Crippen molar-refractivity contribution in [1.82, 2.24) is 19.7 Å². The average molecular weight is 449 g/mol. The molecule has 121 valence electrons. The van der Waals surface area contributed by atoms with Crippen molar-refractivity contribution >= 4 is 29.9 Å². The van der Waals surface area contributed by atoms with Gasteiger partial charge in [0.1, 0.15) is 17.4 Å². The molecule has 0 amide bonds. The molecular weight excluding hydrogens is 435 g/mol. The molecule has 4 heterocycles. The first kappa shape index (κ1) is 15.5.